The Kier molecular flexibility index (Phi) is 7.61. The number of nitrogens with zero attached hydrogens (tertiary/aromatic N) is 2. The molecular weight excluding hydrogens is 482 g/mol. The summed E-state index contributed by atoms with van der Waals surface area (Å²) in [4.78, 5) is 28.7. The van der Waals surface area contributed by atoms with Gasteiger partial charge >= 0.3 is 6.09 Å². The van der Waals surface area contributed by atoms with Crippen LogP contribution in [0.5, 0.6) is 0 Å². The number of hydrogen-bond acceptors (Lipinski definition) is 5. The number of aliphatic hydroxyl groups excluding tert-OH is 1. The first kappa shape index (κ1) is 26.5. The number of aromatic nitrogens is 1. The molecule has 0 aliphatic heterocycles. The van der Waals surface area contributed by atoms with E-state index in [1.54, 1.807) is 26.0 Å². The standard InChI is InChI=1S/C30H39N3O5/c1-20(34)33(13-10-21-6-4-3-5-7-21)28(35)30(2,19-22-8-11-32(37)12-9-22)31-29(36)38-27-25-15-23-14-24(17-25)18-26(27)16-23/h3-9,11-12,20,23-27,34H,10,13-19H2,1-2H3,(H,31,36)/t20-,23?,24?,25?,26?,27?,30?/m0/s1. The van der Waals surface area contributed by atoms with Gasteiger partial charge in [0.15, 0.2) is 12.4 Å². The quantitative estimate of drug-likeness (QED) is 0.298. The van der Waals surface area contributed by atoms with E-state index in [-0.39, 0.29) is 19.1 Å². The van der Waals surface area contributed by atoms with E-state index in [9.17, 15) is 19.9 Å². The molecule has 1 unspecified atom stereocenters. The number of rotatable bonds is 9. The van der Waals surface area contributed by atoms with Gasteiger partial charge in [-0.3, -0.25) is 4.79 Å². The molecule has 6 rings (SSSR count). The van der Waals surface area contributed by atoms with Crippen LogP contribution in [-0.4, -0.2) is 46.4 Å². The van der Waals surface area contributed by atoms with Crippen molar-refractivity contribution in [2.45, 2.75) is 76.7 Å². The monoisotopic (exact) mass is 521 g/mol. The van der Waals surface area contributed by atoms with Gasteiger partial charge in [0.2, 0.25) is 0 Å². The number of nitrogens with one attached hydrogen (secondary N) is 1. The molecule has 4 aliphatic rings. The molecule has 1 heterocycles. The molecular formula is C30H39N3O5. The van der Waals surface area contributed by atoms with Gasteiger partial charge in [0, 0.05) is 25.1 Å². The zero-order chi connectivity index (χ0) is 26.9. The van der Waals surface area contributed by atoms with E-state index in [1.807, 2.05) is 30.3 Å². The van der Waals surface area contributed by atoms with Gasteiger partial charge in [-0.25, -0.2) is 4.79 Å². The Morgan fingerprint density at radius 3 is 2.24 bits per heavy atom. The molecule has 38 heavy (non-hydrogen) atoms. The molecule has 2 aromatic rings. The van der Waals surface area contributed by atoms with E-state index in [2.05, 4.69) is 5.32 Å². The van der Waals surface area contributed by atoms with Crippen LogP contribution in [0.1, 0.15) is 57.1 Å². The number of hydrogen-bond donors (Lipinski definition) is 2. The van der Waals surface area contributed by atoms with Crippen molar-refractivity contribution in [2.24, 2.45) is 23.7 Å². The van der Waals surface area contributed by atoms with Gasteiger partial charge in [-0.1, -0.05) is 30.3 Å². The molecule has 8 heteroatoms. The van der Waals surface area contributed by atoms with Gasteiger partial charge in [0.25, 0.3) is 5.91 Å². The summed E-state index contributed by atoms with van der Waals surface area (Å²) in [6.45, 7) is 3.51. The summed E-state index contributed by atoms with van der Waals surface area (Å²) >= 11 is 0. The van der Waals surface area contributed by atoms with E-state index < -0.39 is 23.8 Å². The van der Waals surface area contributed by atoms with Crippen molar-refractivity contribution in [3.63, 3.8) is 0 Å². The van der Waals surface area contributed by atoms with Crippen LogP contribution in [0, 0.1) is 28.9 Å². The maximum absolute atomic E-state index is 14.0. The Balaban J connectivity index is 1.33. The van der Waals surface area contributed by atoms with Crippen molar-refractivity contribution >= 4 is 12.0 Å². The number of ether oxygens (including phenoxy) is 1. The van der Waals surface area contributed by atoms with Crippen molar-refractivity contribution in [3.8, 4) is 0 Å². The highest BCUT2D eigenvalue weighted by molar-refractivity contribution is 5.90. The molecule has 0 spiro atoms. The minimum atomic E-state index is -1.38. The normalized spacial score (nSPS) is 27.8. The second-order valence-corrected chi connectivity index (χ2v) is 11.9. The first-order valence-corrected chi connectivity index (χ1v) is 13.9. The third-order valence-corrected chi connectivity index (χ3v) is 8.86. The van der Waals surface area contributed by atoms with E-state index in [0.717, 1.165) is 48.6 Å². The molecule has 4 saturated carbocycles. The predicted molar refractivity (Wildman–Crippen MR) is 142 cm³/mol. The summed E-state index contributed by atoms with van der Waals surface area (Å²) in [5, 5.41) is 25.1. The van der Waals surface area contributed by atoms with Crippen molar-refractivity contribution in [1.29, 1.82) is 0 Å². The maximum atomic E-state index is 14.0. The van der Waals surface area contributed by atoms with Crippen LogP contribution >= 0.6 is 0 Å². The zero-order valence-corrected chi connectivity index (χ0v) is 22.3. The van der Waals surface area contributed by atoms with Crippen LogP contribution < -0.4 is 10.0 Å². The Bertz CT molecular complexity index is 1090. The van der Waals surface area contributed by atoms with Gasteiger partial charge in [-0.05, 0) is 87.2 Å². The highest BCUT2D eigenvalue weighted by Gasteiger charge is 2.50. The number of benzene rings is 1. The molecule has 4 aliphatic carbocycles. The first-order chi connectivity index (χ1) is 18.2. The molecule has 2 amide bonds. The fourth-order valence-corrected chi connectivity index (χ4v) is 7.26. The number of pyridine rings is 1. The lowest BCUT2D eigenvalue weighted by Crippen LogP contribution is -2.62. The topological polar surface area (TPSA) is 106 Å². The van der Waals surface area contributed by atoms with Crippen molar-refractivity contribution in [3.05, 3.63) is 71.2 Å². The second-order valence-electron chi connectivity index (χ2n) is 11.9. The summed E-state index contributed by atoms with van der Waals surface area (Å²) in [5.41, 5.74) is 0.382. The fourth-order valence-electron chi connectivity index (χ4n) is 7.26. The van der Waals surface area contributed by atoms with Crippen LogP contribution in [0.25, 0.3) is 0 Å². The number of aliphatic hydroxyl groups is 1. The smallest absolute Gasteiger partial charge is 0.408 e. The number of alkyl carbamates (subject to hydrolysis) is 1. The maximum Gasteiger partial charge on any atom is 0.408 e. The molecule has 4 bridgehead atoms. The van der Waals surface area contributed by atoms with Gasteiger partial charge in [0.05, 0.1) is 0 Å². The van der Waals surface area contributed by atoms with Crippen molar-refractivity contribution < 1.29 is 24.2 Å². The highest BCUT2D eigenvalue weighted by atomic mass is 16.6. The van der Waals surface area contributed by atoms with Gasteiger partial charge in [-0.15, -0.1) is 0 Å². The molecule has 0 radical (unpaired) electrons. The number of amides is 2. The Hall–Kier alpha value is -3.13. The Morgan fingerprint density at radius 1 is 1.05 bits per heavy atom. The van der Waals surface area contributed by atoms with Crippen LogP contribution in [0.4, 0.5) is 4.79 Å². The van der Waals surface area contributed by atoms with Crippen LogP contribution in [0.2, 0.25) is 0 Å². The highest BCUT2D eigenvalue weighted by Crippen LogP contribution is 2.54. The van der Waals surface area contributed by atoms with Crippen LogP contribution in [0.15, 0.2) is 54.9 Å². The second kappa shape index (κ2) is 10.9. The fraction of sp³-hybridized carbons (Fsp3) is 0.567. The van der Waals surface area contributed by atoms with E-state index in [0.29, 0.717) is 23.0 Å². The molecule has 1 aromatic heterocycles. The minimum Gasteiger partial charge on any atom is -0.619 e. The third kappa shape index (κ3) is 5.80. The molecule has 2 atom stereocenters. The first-order valence-electron chi connectivity index (χ1n) is 13.9. The largest absolute Gasteiger partial charge is 0.619 e. The van der Waals surface area contributed by atoms with Gasteiger partial charge in [0.1, 0.15) is 17.9 Å². The van der Waals surface area contributed by atoms with Crippen molar-refractivity contribution in [2.75, 3.05) is 6.54 Å². The number of carbonyl (C=O) groups is 2. The summed E-state index contributed by atoms with van der Waals surface area (Å²) in [5.74, 6) is 1.93. The lowest BCUT2D eigenvalue weighted by molar-refractivity contribution is -0.605. The summed E-state index contributed by atoms with van der Waals surface area (Å²) in [6, 6.07) is 13.0. The molecule has 4 fully saturated rings. The summed E-state index contributed by atoms with van der Waals surface area (Å²) in [7, 11) is 0. The van der Waals surface area contributed by atoms with Crippen LogP contribution in [-0.2, 0) is 22.4 Å². The molecule has 8 nitrogen and oxygen atoms in total. The van der Waals surface area contributed by atoms with Crippen molar-refractivity contribution in [1.82, 2.24) is 10.2 Å². The van der Waals surface area contributed by atoms with Crippen LogP contribution in [0.3, 0.4) is 0 Å². The van der Waals surface area contributed by atoms with Gasteiger partial charge in [-0.2, -0.15) is 4.73 Å². The lowest BCUT2D eigenvalue weighted by atomic mass is 9.55. The minimum absolute atomic E-state index is 0.107. The molecule has 0 saturated heterocycles. The zero-order valence-electron chi connectivity index (χ0n) is 22.3. The SMILES string of the molecule is C[C@H](O)N(CCc1ccccc1)C(=O)C(C)(Cc1cc[n+]([O-])cc1)NC(=O)OC1C2CC3CC(C2)CC1C3. The lowest BCUT2D eigenvalue weighted by Gasteiger charge is -2.53. The molecule has 2 N–H and O–H groups in total. The number of carbonyl (C=O) groups excluding carboxylic acids is 2. The summed E-state index contributed by atoms with van der Waals surface area (Å²) < 4.78 is 6.74. The van der Waals surface area contributed by atoms with E-state index in [4.69, 9.17) is 4.74 Å². The van der Waals surface area contributed by atoms with Gasteiger partial charge < -0.3 is 25.3 Å². The average molecular weight is 522 g/mol. The average Bonchev–Trinajstić information content (AvgIpc) is 2.87. The van der Waals surface area contributed by atoms with E-state index >= 15 is 0 Å². The Morgan fingerprint density at radius 2 is 1.66 bits per heavy atom. The molecule has 1 aromatic carbocycles. The Labute approximate surface area is 224 Å². The third-order valence-electron chi connectivity index (χ3n) is 8.86. The molecule has 204 valence electrons. The van der Waals surface area contributed by atoms with E-state index in [1.165, 1.54) is 23.7 Å². The predicted octanol–water partition coefficient (Wildman–Crippen LogP) is 3.58. The summed E-state index contributed by atoms with van der Waals surface area (Å²) in [6.07, 6.45) is 7.50.